The molecule has 10 heteroatoms. The van der Waals surface area contributed by atoms with Crippen molar-refractivity contribution in [3.8, 4) is 5.69 Å². The molecule has 0 bridgehead atoms. The van der Waals surface area contributed by atoms with Crippen LogP contribution in [0.2, 0.25) is 5.02 Å². The number of esters is 1. The second-order valence-corrected chi connectivity index (χ2v) is 6.79. The number of hydrogen-bond acceptors (Lipinski definition) is 5. The van der Waals surface area contributed by atoms with Gasteiger partial charge in [-0.15, -0.1) is 0 Å². The van der Waals surface area contributed by atoms with E-state index in [4.69, 9.17) is 11.6 Å². The van der Waals surface area contributed by atoms with Crippen LogP contribution in [-0.2, 0) is 23.1 Å². The fourth-order valence-electron chi connectivity index (χ4n) is 3.28. The molecule has 1 aromatic carbocycles. The minimum Gasteiger partial charge on any atom is -0.468 e. The average molecular weight is 402 g/mol. The van der Waals surface area contributed by atoms with Crippen molar-refractivity contribution >= 4 is 34.5 Å². The molecule has 3 aromatic heterocycles. The predicted octanol–water partition coefficient (Wildman–Crippen LogP) is 1.27. The minimum absolute atomic E-state index is 0.199. The monoisotopic (exact) mass is 401 g/mol. The highest BCUT2D eigenvalue weighted by atomic mass is 35.5. The van der Waals surface area contributed by atoms with Crippen LogP contribution < -0.4 is 11.2 Å². The Morgan fingerprint density at radius 2 is 2.04 bits per heavy atom. The average Bonchev–Trinajstić information content (AvgIpc) is 3.17. The predicted molar refractivity (Wildman–Crippen MR) is 103 cm³/mol. The Labute approximate surface area is 163 Å². The third kappa shape index (κ3) is 2.55. The number of aromatic nitrogens is 5. The number of rotatable bonds is 3. The smallest absolute Gasteiger partial charge is 0.333 e. The molecule has 0 atom stereocenters. The van der Waals surface area contributed by atoms with Crippen LogP contribution in [-0.4, -0.2) is 36.2 Å². The molecule has 3 heterocycles. The quantitative estimate of drug-likeness (QED) is 0.482. The molecule has 0 N–H and O–H groups in total. The number of halogens is 1. The number of hydrogen-bond donors (Lipinski definition) is 0. The van der Waals surface area contributed by atoms with Crippen LogP contribution in [0.5, 0.6) is 0 Å². The van der Waals surface area contributed by atoms with Crippen molar-refractivity contribution in [2.45, 2.75) is 13.5 Å². The number of aryl methyl sites for hydroxylation is 2. The summed E-state index contributed by atoms with van der Waals surface area (Å²) in [7, 11) is 2.70. The van der Waals surface area contributed by atoms with Crippen LogP contribution in [0.4, 0.5) is 0 Å². The van der Waals surface area contributed by atoms with Gasteiger partial charge in [0, 0.05) is 24.0 Å². The van der Waals surface area contributed by atoms with E-state index in [0.717, 1.165) is 15.9 Å². The van der Waals surface area contributed by atoms with E-state index in [-0.39, 0.29) is 11.2 Å². The van der Waals surface area contributed by atoms with Gasteiger partial charge in [0.15, 0.2) is 11.2 Å². The van der Waals surface area contributed by atoms with Crippen LogP contribution in [0.3, 0.4) is 0 Å². The van der Waals surface area contributed by atoms with E-state index >= 15 is 0 Å². The summed E-state index contributed by atoms with van der Waals surface area (Å²) >= 11 is 6.12. The molecule has 0 saturated heterocycles. The molecule has 28 heavy (non-hydrogen) atoms. The molecule has 0 aliphatic carbocycles. The maximum absolute atomic E-state index is 13.0. The lowest BCUT2D eigenvalue weighted by Crippen LogP contribution is -2.41. The highest BCUT2D eigenvalue weighted by Gasteiger charge is 2.21. The molecular weight excluding hydrogens is 386 g/mol. The first kappa shape index (κ1) is 18.1. The molecule has 0 aliphatic rings. The number of carbonyl (C=O) groups excluding carboxylic acids is 1. The van der Waals surface area contributed by atoms with E-state index in [9.17, 15) is 14.4 Å². The fraction of sp³-hybridized carbons (Fsp3) is 0.222. The number of benzene rings is 1. The van der Waals surface area contributed by atoms with Gasteiger partial charge < -0.3 is 4.74 Å². The number of carbonyl (C=O) groups is 1. The Morgan fingerprint density at radius 1 is 1.29 bits per heavy atom. The van der Waals surface area contributed by atoms with E-state index < -0.39 is 23.8 Å². The van der Waals surface area contributed by atoms with Gasteiger partial charge in [-0.25, -0.2) is 9.36 Å². The van der Waals surface area contributed by atoms with Gasteiger partial charge in [-0.3, -0.25) is 23.1 Å². The van der Waals surface area contributed by atoms with Crippen molar-refractivity contribution in [3.63, 3.8) is 0 Å². The zero-order chi connectivity index (χ0) is 20.2. The van der Waals surface area contributed by atoms with Crippen molar-refractivity contribution in [1.29, 1.82) is 0 Å². The van der Waals surface area contributed by atoms with Crippen molar-refractivity contribution in [3.05, 3.63) is 62.0 Å². The zero-order valence-corrected chi connectivity index (χ0v) is 16.1. The molecule has 4 rings (SSSR count). The Hall–Kier alpha value is -3.33. The van der Waals surface area contributed by atoms with Crippen LogP contribution in [0.15, 0.2) is 40.1 Å². The minimum atomic E-state index is -0.688. The van der Waals surface area contributed by atoms with Gasteiger partial charge in [-0.1, -0.05) is 17.7 Å². The highest BCUT2D eigenvalue weighted by molar-refractivity contribution is 6.30. The number of nitrogens with zero attached hydrogens (tertiary/aromatic N) is 5. The SMILES string of the molecule is COC(=O)Cn1c(=O)c2c(nc3n(-c4cccc(Cl)c4)c(C)cn23)n(C)c1=O. The number of methoxy groups -OCH3 is 1. The molecule has 0 aliphatic heterocycles. The van der Waals surface area contributed by atoms with Gasteiger partial charge in [0.05, 0.1) is 12.8 Å². The van der Waals surface area contributed by atoms with E-state index in [1.54, 1.807) is 22.7 Å². The summed E-state index contributed by atoms with van der Waals surface area (Å²) in [6.45, 7) is 1.40. The van der Waals surface area contributed by atoms with Crippen molar-refractivity contribution in [1.82, 2.24) is 23.1 Å². The number of imidazole rings is 2. The maximum atomic E-state index is 13.0. The van der Waals surface area contributed by atoms with Gasteiger partial charge >= 0.3 is 11.7 Å². The lowest BCUT2D eigenvalue weighted by atomic mass is 10.3. The summed E-state index contributed by atoms with van der Waals surface area (Å²) in [6.07, 6.45) is 1.75. The van der Waals surface area contributed by atoms with Crippen LogP contribution in [0.1, 0.15) is 5.69 Å². The Morgan fingerprint density at radius 3 is 2.71 bits per heavy atom. The molecule has 0 fully saturated rings. The Balaban J connectivity index is 2.09. The third-order valence-corrected chi connectivity index (χ3v) is 4.84. The van der Waals surface area contributed by atoms with Crippen LogP contribution in [0.25, 0.3) is 22.6 Å². The van der Waals surface area contributed by atoms with Crippen molar-refractivity contribution in [2.24, 2.45) is 7.05 Å². The number of fused-ring (bicyclic) bond motifs is 3. The fourth-order valence-corrected chi connectivity index (χ4v) is 3.46. The lowest BCUT2D eigenvalue weighted by Gasteiger charge is -2.07. The largest absolute Gasteiger partial charge is 0.468 e. The van der Waals surface area contributed by atoms with E-state index in [0.29, 0.717) is 10.8 Å². The second-order valence-electron chi connectivity index (χ2n) is 6.35. The Kier molecular flexibility index (Phi) is 4.11. The standard InChI is InChI=1S/C18H16ClN5O4/c1-10-8-22-14-15(20-17(22)24(10)12-6-4-5-11(19)7-12)21(2)18(27)23(16(14)26)9-13(25)28-3/h4-8H,9H2,1-3H3. The Bertz CT molecular complexity index is 1370. The van der Waals surface area contributed by atoms with Gasteiger partial charge in [-0.05, 0) is 25.1 Å². The molecule has 0 amide bonds. The van der Waals surface area contributed by atoms with Crippen LogP contribution in [0, 0.1) is 6.92 Å². The van der Waals surface area contributed by atoms with Gasteiger partial charge in [0.25, 0.3) is 5.56 Å². The number of ether oxygens (including phenoxy) is 1. The molecule has 0 saturated carbocycles. The molecule has 0 unspecified atom stereocenters. The summed E-state index contributed by atoms with van der Waals surface area (Å²) in [5, 5.41) is 0.563. The van der Waals surface area contributed by atoms with Crippen LogP contribution >= 0.6 is 11.6 Å². The summed E-state index contributed by atoms with van der Waals surface area (Å²) in [5.74, 6) is -0.232. The van der Waals surface area contributed by atoms with E-state index in [1.807, 2.05) is 23.6 Å². The summed E-state index contributed by atoms with van der Waals surface area (Å²) in [5.41, 5.74) is 0.760. The highest BCUT2D eigenvalue weighted by Crippen LogP contribution is 2.22. The molecule has 144 valence electrons. The normalized spacial score (nSPS) is 11.4. The molecule has 0 spiro atoms. The molecule has 0 radical (unpaired) electrons. The van der Waals surface area contributed by atoms with Gasteiger partial charge in [-0.2, -0.15) is 4.98 Å². The van der Waals surface area contributed by atoms with E-state index in [2.05, 4.69) is 9.72 Å². The lowest BCUT2D eigenvalue weighted by molar-refractivity contribution is -0.141. The molecular formula is C18H16ClN5O4. The first-order valence-electron chi connectivity index (χ1n) is 8.36. The van der Waals surface area contributed by atoms with Gasteiger partial charge in [0.2, 0.25) is 5.78 Å². The topological polar surface area (TPSA) is 92.5 Å². The maximum Gasteiger partial charge on any atom is 0.333 e. The summed E-state index contributed by atoms with van der Waals surface area (Å²) in [4.78, 5) is 41.7. The first-order valence-corrected chi connectivity index (χ1v) is 8.74. The molecule has 9 nitrogen and oxygen atoms in total. The summed E-state index contributed by atoms with van der Waals surface area (Å²) < 4.78 is 10.1. The van der Waals surface area contributed by atoms with Crippen molar-refractivity contribution < 1.29 is 9.53 Å². The summed E-state index contributed by atoms with van der Waals surface area (Å²) in [6, 6.07) is 7.23. The third-order valence-electron chi connectivity index (χ3n) is 4.61. The first-order chi connectivity index (χ1) is 13.3. The zero-order valence-electron chi connectivity index (χ0n) is 15.3. The van der Waals surface area contributed by atoms with E-state index in [1.165, 1.54) is 18.7 Å². The van der Waals surface area contributed by atoms with Crippen molar-refractivity contribution in [2.75, 3.05) is 7.11 Å². The second kappa shape index (κ2) is 6.38. The van der Waals surface area contributed by atoms with Gasteiger partial charge in [0.1, 0.15) is 6.54 Å². The molecule has 4 aromatic rings.